The van der Waals surface area contributed by atoms with Crippen LogP contribution in [0.3, 0.4) is 0 Å². The van der Waals surface area contributed by atoms with Gasteiger partial charge in [0.25, 0.3) is 5.56 Å². The van der Waals surface area contributed by atoms with E-state index in [0.29, 0.717) is 18.4 Å². The van der Waals surface area contributed by atoms with E-state index in [1.807, 2.05) is 6.08 Å². The molecule has 250 valence electrons. The Morgan fingerprint density at radius 3 is 2.28 bits per heavy atom. The number of hydrogen-bond donors (Lipinski definition) is 3. The summed E-state index contributed by atoms with van der Waals surface area (Å²) in [5, 5.41) is 18.3. The number of H-pyrrole nitrogens is 1. The average molecular weight is 638 g/mol. The van der Waals surface area contributed by atoms with Crippen molar-refractivity contribution in [3.63, 3.8) is 0 Å². The van der Waals surface area contributed by atoms with Gasteiger partial charge in [-0.05, 0) is 51.9 Å². The second-order valence-electron chi connectivity index (χ2n) is 10.8. The minimum Gasteiger partial charge on any atom is -0.530 e. The van der Waals surface area contributed by atoms with Crippen LogP contribution in [0.25, 0.3) is 0 Å². The zero-order valence-corrected chi connectivity index (χ0v) is 26.8. The Morgan fingerprint density at radius 2 is 1.70 bits per heavy atom. The van der Waals surface area contributed by atoms with Crippen LogP contribution in [-0.2, 0) is 9.53 Å². The monoisotopic (exact) mass is 637 g/mol. The van der Waals surface area contributed by atoms with Gasteiger partial charge < -0.3 is 24.9 Å². The minimum atomic E-state index is -1.46. The topological polar surface area (TPSA) is 187 Å². The molecule has 0 aromatic carbocycles. The number of allylic oxidation sites excluding steroid dienone is 10. The molecular formula is C33H47N7O6. The second kappa shape index (κ2) is 22.0. The largest absolute Gasteiger partial charge is 0.530 e. The number of carbonyl (C=O) groups is 2. The molecule has 0 bridgehead atoms. The summed E-state index contributed by atoms with van der Waals surface area (Å²) in [5.74, 6) is -0.184. The van der Waals surface area contributed by atoms with E-state index in [2.05, 4.69) is 81.9 Å². The summed E-state index contributed by atoms with van der Waals surface area (Å²) in [5.41, 5.74) is 6.22. The number of carboxylic acid groups (broad SMARTS) is 1. The normalized spacial score (nSPS) is 18.3. The molecule has 1 aromatic rings. The number of aryl methyl sites for hydroxylation is 1. The number of rotatable bonds is 20. The van der Waals surface area contributed by atoms with Gasteiger partial charge in [0.2, 0.25) is 10.8 Å². The maximum atomic E-state index is 12.3. The van der Waals surface area contributed by atoms with Crippen molar-refractivity contribution in [3.05, 3.63) is 93.4 Å². The van der Waals surface area contributed by atoms with Gasteiger partial charge in [0.05, 0.1) is 0 Å². The van der Waals surface area contributed by atoms with Gasteiger partial charge >= 0.3 is 5.69 Å². The highest BCUT2D eigenvalue weighted by Crippen LogP contribution is 2.30. The lowest BCUT2D eigenvalue weighted by Gasteiger charge is -2.28. The van der Waals surface area contributed by atoms with Crippen LogP contribution in [0.5, 0.6) is 0 Å². The molecule has 2 heterocycles. The molecule has 2 rings (SSSR count). The molecule has 0 radical (unpaired) electrons. The van der Waals surface area contributed by atoms with Gasteiger partial charge in [0, 0.05) is 44.2 Å². The van der Waals surface area contributed by atoms with Crippen LogP contribution in [0.15, 0.2) is 81.7 Å². The number of hydrogen-bond acceptors (Lipinski definition) is 8. The summed E-state index contributed by atoms with van der Waals surface area (Å²) in [6.07, 6.45) is 26.2. The van der Waals surface area contributed by atoms with Gasteiger partial charge in [-0.2, -0.15) is 0 Å². The zero-order chi connectivity index (χ0) is 33.6. The van der Waals surface area contributed by atoms with Crippen LogP contribution in [0.2, 0.25) is 0 Å². The molecule has 1 saturated heterocycles. The van der Waals surface area contributed by atoms with Crippen molar-refractivity contribution in [3.8, 4) is 0 Å². The van der Waals surface area contributed by atoms with Gasteiger partial charge in [-0.3, -0.25) is 19.1 Å². The Hall–Kier alpha value is -4.61. The van der Waals surface area contributed by atoms with Crippen molar-refractivity contribution >= 4 is 12.0 Å². The van der Waals surface area contributed by atoms with E-state index in [4.69, 9.17) is 10.3 Å². The molecule has 0 aliphatic carbocycles. The number of ether oxygens (including phenoxy) is 1. The summed E-state index contributed by atoms with van der Waals surface area (Å²) in [4.78, 5) is 54.3. The van der Waals surface area contributed by atoms with Crippen molar-refractivity contribution in [2.45, 2.75) is 90.0 Å². The lowest BCUT2D eigenvalue weighted by molar-refractivity contribution is -0.266. The van der Waals surface area contributed by atoms with Crippen molar-refractivity contribution in [2.75, 3.05) is 19.6 Å². The molecular weight excluding hydrogens is 590 g/mol. The molecule has 3 atom stereocenters. The second-order valence-corrected chi connectivity index (χ2v) is 10.8. The summed E-state index contributed by atoms with van der Waals surface area (Å²) in [6.45, 7) is 3.53. The van der Waals surface area contributed by atoms with Crippen molar-refractivity contribution in [1.29, 1.82) is 5.53 Å². The number of aromatic amines is 1. The first kappa shape index (κ1) is 37.6. The first-order chi connectivity index (χ1) is 22.3. The maximum absolute atomic E-state index is 12.3. The quantitative estimate of drug-likeness (QED) is 0.0845. The molecule has 2 amide bonds. The Labute approximate surface area is 269 Å². The molecule has 0 unspecified atom stereocenters. The molecule has 1 fully saturated rings. The molecule has 3 N–H and O–H groups in total. The SMILES string of the molecule is CCC=CCC=CCC=CCC=CCC=CCCCC(=O)NCCN(C[C@@H]1O[C@H](n2cc(C)c(=O)[nH]c2=O)C[C@@H]1N=[N+]=N)C(=O)[O-]. The number of nitrogens with zero attached hydrogens (tertiary/aromatic N) is 4. The molecule has 13 heteroatoms. The molecule has 1 aliphatic rings. The zero-order valence-electron chi connectivity index (χ0n) is 26.8. The molecule has 1 aliphatic heterocycles. The lowest BCUT2D eigenvalue weighted by atomic mass is 10.1. The predicted molar refractivity (Wildman–Crippen MR) is 174 cm³/mol. The van der Waals surface area contributed by atoms with E-state index in [1.54, 1.807) is 6.92 Å². The average Bonchev–Trinajstić information content (AvgIpc) is 3.41. The van der Waals surface area contributed by atoms with Crippen LogP contribution < -0.4 is 26.6 Å². The van der Waals surface area contributed by atoms with E-state index in [0.717, 1.165) is 43.4 Å². The van der Waals surface area contributed by atoms with E-state index in [1.165, 1.54) is 10.8 Å². The maximum Gasteiger partial charge on any atom is 0.330 e. The lowest BCUT2D eigenvalue weighted by Crippen LogP contribution is -2.49. The highest BCUT2D eigenvalue weighted by molar-refractivity contribution is 5.75. The summed E-state index contributed by atoms with van der Waals surface area (Å²) in [6, 6.07) is -0.700. The number of nitrogens with one attached hydrogen (secondary N) is 3. The Kier molecular flexibility index (Phi) is 18.0. The summed E-state index contributed by atoms with van der Waals surface area (Å²) >= 11 is 0. The van der Waals surface area contributed by atoms with Gasteiger partial charge in [-0.25, -0.2) is 4.79 Å². The highest BCUT2D eigenvalue weighted by atomic mass is 16.5. The van der Waals surface area contributed by atoms with Crippen LogP contribution in [0.4, 0.5) is 4.79 Å². The van der Waals surface area contributed by atoms with E-state index in [-0.39, 0.29) is 32.0 Å². The van der Waals surface area contributed by atoms with Gasteiger partial charge in [-0.15, -0.1) is 0 Å². The van der Waals surface area contributed by atoms with E-state index >= 15 is 0 Å². The highest BCUT2D eigenvalue weighted by Gasteiger charge is 2.41. The van der Waals surface area contributed by atoms with Crippen LogP contribution >= 0.6 is 0 Å². The minimum absolute atomic E-state index is 0.0458. The summed E-state index contributed by atoms with van der Waals surface area (Å²) < 4.78 is 7.11. The van der Waals surface area contributed by atoms with Crippen LogP contribution in [-0.4, -0.2) is 58.2 Å². The van der Waals surface area contributed by atoms with Crippen molar-refractivity contribution < 1.29 is 19.4 Å². The fourth-order valence-electron chi connectivity index (χ4n) is 4.69. The third-order valence-corrected chi connectivity index (χ3v) is 7.16. The number of unbranched alkanes of at least 4 members (excludes halogenated alkanes) is 1. The fraction of sp³-hybridized carbons (Fsp3) is 0.515. The van der Waals surface area contributed by atoms with E-state index < -0.39 is 35.7 Å². The third kappa shape index (κ3) is 14.4. The van der Waals surface area contributed by atoms with Crippen LogP contribution in [0.1, 0.15) is 76.5 Å². The Morgan fingerprint density at radius 1 is 1.09 bits per heavy atom. The third-order valence-electron chi connectivity index (χ3n) is 7.16. The molecule has 1 aromatic heterocycles. The van der Waals surface area contributed by atoms with Crippen molar-refractivity contribution in [2.24, 2.45) is 5.11 Å². The number of amides is 2. The number of carbonyl (C=O) groups excluding carboxylic acids is 2. The van der Waals surface area contributed by atoms with Crippen LogP contribution in [0, 0.1) is 12.5 Å². The smallest absolute Gasteiger partial charge is 0.330 e. The standard InChI is InChI=1S/C33H47N7O6/c1-3-4-5-6-7-8-9-10-11-12-13-14-15-16-17-18-19-20-29(41)35-21-22-39(33(44)45)25-28-27(37-38-34)23-30(46-28)40-24-26(2)31(42)36-32(40)43/h4-5,7-8,10-11,13-14,16-17,24,27-28,30,34H,3,6,9,12,15,18-23,25H2,1-2H3,(H2-,35,36,41,42,43,44,45)/t27-,28-,30-/m0/s1. The van der Waals surface area contributed by atoms with Gasteiger partial charge in [0.15, 0.2) is 6.04 Å². The molecule has 46 heavy (non-hydrogen) atoms. The predicted octanol–water partition coefficient (Wildman–Crippen LogP) is 3.73. The number of aromatic nitrogens is 2. The van der Waals surface area contributed by atoms with Crippen molar-refractivity contribution in [1.82, 2.24) is 24.7 Å². The molecule has 0 spiro atoms. The summed E-state index contributed by atoms with van der Waals surface area (Å²) in [7, 11) is 0. The molecule has 0 saturated carbocycles. The first-order valence-corrected chi connectivity index (χ1v) is 15.8. The molecule has 13 nitrogen and oxygen atoms in total. The van der Waals surface area contributed by atoms with Gasteiger partial charge in [-0.1, -0.05) is 67.7 Å². The fourth-order valence-corrected chi connectivity index (χ4v) is 4.69. The first-order valence-electron chi connectivity index (χ1n) is 15.8. The Bertz CT molecular complexity index is 1420. The van der Waals surface area contributed by atoms with Gasteiger partial charge in [0.1, 0.15) is 29.1 Å². The Balaban J connectivity index is 1.67. The van der Waals surface area contributed by atoms with E-state index in [9.17, 15) is 24.3 Å².